The van der Waals surface area contributed by atoms with Crippen LogP contribution in [-0.2, 0) is 17.8 Å². The molecule has 4 heterocycles. The van der Waals surface area contributed by atoms with Crippen LogP contribution in [0, 0.1) is 5.92 Å². The van der Waals surface area contributed by atoms with E-state index in [1.54, 1.807) is 0 Å². The van der Waals surface area contributed by atoms with Gasteiger partial charge in [-0.25, -0.2) is 4.98 Å². The minimum atomic E-state index is 0.0168. The molecule has 1 aromatic carbocycles. The van der Waals surface area contributed by atoms with Gasteiger partial charge in [0.25, 0.3) is 5.91 Å². The molecule has 0 unspecified atom stereocenters. The van der Waals surface area contributed by atoms with Crippen molar-refractivity contribution in [1.82, 2.24) is 14.9 Å². The molecule has 5 rings (SSSR count). The smallest absolute Gasteiger partial charge is 0.260 e. The van der Waals surface area contributed by atoms with Crippen LogP contribution in [0.25, 0.3) is 0 Å². The Bertz CT molecular complexity index is 953. The van der Waals surface area contributed by atoms with Gasteiger partial charge < -0.3 is 19.4 Å². The fraction of sp³-hybridized carbons (Fsp3) is 0.577. The first kappa shape index (κ1) is 22.0. The number of carbonyl (C=O) groups excluding carboxylic acids is 1. The Hall–Kier alpha value is -2.83. The third-order valence-corrected chi connectivity index (χ3v) is 7.21. The summed E-state index contributed by atoms with van der Waals surface area (Å²) < 4.78 is 5.72. The van der Waals surface area contributed by atoms with Gasteiger partial charge in [0, 0.05) is 44.7 Å². The van der Waals surface area contributed by atoms with Crippen LogP contribution in [-0.4, -0.2) is 60.1 Å². The van der Waals surface area contributed by atoms with Crippen molar-refractivity contribution in [2.24, 2.45) is 5.92 Å². The average Bonchev–Trinajstić information content (AvgIpc) is 2.88. The zero-order valence-corrected chi connectivity index (χ0v) is 19.7. The van der Waals surface area contributed by atoms with Gasteiger partial charge in [-0.1, -0.05) is 25.1 Å². The second-order valence-corrected chi connectivity index (χ2v) is 9.66. The zero-order chi connectivity index (χ0) is 22.6. The Balaban J connectivity index is 1.36. The molecule has 0 spiro atoms. The molecule has 0 radical (unpaired) electrons. The predicted molar refractivity (Wildman–Crippen MR) is 130 cm³/mol. The molecule has 2 saturated heterocycles. The summed E-state index contributed by atoms with van der Waals surface area (Å²) in [5, 5.41) is 0. The number of carbonyl (C=O) groups is 1. The maximum Gasteiger partial charge on any atom is 0.260 e. The van der Waals surface area contributed by atoms with Crippen LogP contribution in [0.1, 0.15) is 50.3 Å². The van der Waals surface area contributed by atoms with E-state index < -0.39 is 0 Å². The summed E-state index contributed by atoms with van der Waals surface area (Å²) in [5.41, 5.74) is 2.25. The third-order valence-electron chi connectivity index (χ3n) is 7.21. The standard InChI is InChI=1S/C26H35N5O2/c1-20-10-15-30(16-11-20)26-27-23-12-17-31(24(32)19-33-21-8-4-2-5-9-21)18-22(23)25(28-26)29-13-6-3-7-14-29/h2,4-5,8-9,20H,3,6-7,10-19H2,1H3. The molecule has 1 aromatic heterocycles. The largest absolute Gasteiger partial charge is 0.484 e. The van der Waals surface area contributed by atoms with Gasteiger partial charge in [-0.3, -0.25) is 4.79 Å². The minimum Gasteiger partial charge on any atom is -0.484 e. The van der Waals surface area contributed by atoms with Gasteiger partial charge in [-0.05, 0) is 50.2 Å². The molecule has 7 heteroatoms. The number of hydrogen-bond donors (Lipinski definition) is 0. The van der Waals surface area contributed by atoms with E-state index >= 15 is 0 Å². The summed E-state index contributed by atoms with van der Waals surface area (Å²) in [5.74, 6) is 3.45. The number of benzene rings is 1. The van der Waals surface area contributed by atoms with Crippen molar-refractivity contribution in [3.63, 3.8) is 0 Å². The fourth-order valence-electron chi connectivity index (χ4n) is 5.07. The number of ether oxygens (including phenoxy) is 1. The van der Waals surface area contributed by atoms with E-state index in [1.165, 1.54) is 32.1 Å². The van der Waals surface area contributed by atoms with Gasteiger partial charge in [0.05, 0.1) is 12.2 Å². The zero-order valence-electron chi connectivity index (χ0n) is 19.7. The quantitative estimate of drug-likeness (QED) is 0.694. The highest BCUT2D eigenvalue weighted by molar-refractivity contribution is 5.78. The number of para-hydroxylation sites is 1. The molecule has 7 nitrogen and oxygen atoms in total. The van der Waals surface area contributed by atoms with Crippen LogP contribution in [0.15, 0.2) is 30.3 Å². The molecule has 33 heavy (non-hydrogen) atoms. The second kappa shape index (κ2) is 9.98. The van der Waals surface area contributed by atoms with Crippen molar-refractivity contribution in [3.8, 4) is 5.75 Å². The van der Waals surface area contributed by atoms with Crippen LogP contribution < -0.4 is 14.5 Å². The Morgan fingerprint density at radius 3 is 2.48 bits per heavy atom. The number of nitrogens with zero attached hydrogens (tertiary/aromatic N) is 5. The lowest BCUT2D eigenvalue weighted by atomic mass is 9.99. The van der Waals surface area contributed by atoms with E-state index in [1.807, 2.05) is 35.2 Å². The van der Waals surface area contributed by atoms with Gasteiger partial charge in [0.1, 0.15) is 11.6 Å². The van der Waals surface area contributed by atoms with E-state index in [2.05, 4.69) is 16.7 Å². The summed E-state index contributed by atoms with van der Waals surface area (Å²) >= 11 is 0. The first-order valence-corrected chi connectivity index (χ1v) is 12.5. The Labute approximate surface area is 196 Å². The van der Waals surface area contributed by atoms with Gasteiger partial charge in [-0.2, -0.15) is 4.98 Å². The number of amides is 1. The maximum absolute atomic E-state index is 13.0. The molecule has 3 aliphatic rings. The monoisotopic (exact) mass is 449 g/mol. The number of aromatic nitrogens is 2. The van der Waals surface area contributed by atoms with Crippen LogP contribution >= 0.6 is 0 Å². The number of hydrogen-bond acceptors (Lipinski definition) is 6. The maximum atomic E-state index is 13.0. The lowest BCUT2D eigenvalue weighted by Gasteiger charge is -2.36. The number of rotatable bonds is 5. The third kappa shape index (κ3) is 5.07. The van der Waals surface area contributed by atoms with Crippen LogP contribution in [0.3, 0.4) is 0 Å². The van der Waals surface area contributed by atoms with Crippen LogP contribution in [0.2, 0.25) is 0 Å². The molecular formula is C26H35N5O2. The second-order valence-electron chi connectivity index (χ2n) is 9.66. The number of anilines is 2. The van der Waals surface area contributed by atoms with E-state index in [0.717, 1.165) is 67.3 Å². The highest BCUT2D eigenvalue weighted by Crippen LogP contribution is 2.32. The normalized spacial score (nSPS) is 19.4. The van der Waals surface area contributed by atoms with Crippen LogP contribution in [0.5, 0.6) is 5.75 Å². The molecule has 1 amide bonds. The molecule has 2 fully saturated rings. The Morgan fingerprint density at radius 2 is 1.73 bits per heavy atom. The number of fused-ring (bicyclic) bond motifs is 1. The van der Waals surface area contributed by atoms with E-state index in [-0.39, 0.29) is 12.5 Å². The molecule has 176 valence electrons. The lowest BCUT2D eigenvalue weighted by Crippen LogP contribution is -2.42. The van der Waals surface area contributed by atoms with Crippen molar-refractivity contribution in [3.05, 3.63) is 41.6 Å². The predicted octanol–water partition coefficient (Wildman–Crippen LogP) is 3.67. The Kier molecular flexibility index (Phi) is 6.65. The van der Waals surface area contributed by atoms with Gasteiger partial charge in [0.15, 0.2) is 6.61 Å². The van der Waals surface area contributed by atoms with Crippen LogP contribution in [0.4, 0.5) is 11.8 Å². The minimum absolute atomic E-state index is 0.0168. The van der Waals surface area contributed by atoms with Gasteiger partial charge >= 0.3 is 0 Å². The summed E-state index contributed by atoms with van der Waals surface area (Å²) in [4.78, 5) is 29.8. The number of piperidine rings is 2. The van der Waals surface area contributed by atoms with Crippen molar-refractivity contribution in [2.75, 3.05) is 49.1 Å². The van der Waals surface area contributed by atoms with E-state index in [4.69, 9.17) is 14.7 Å². The fourth-order valence-corrected chi connectivity index (χ4v) is 5.07. The average molecular weight is 450 g/mol. The lowest BCUT2D eigenvalue weighted by molar-refractivity contribution is -0.134. The SMILES string of the molecule is CC1CCN(c2nc3c(c(N4CCCCC4)n2)CN(C(=O)COc2ccccc2)CC3)CC1. The summed E-state index contributed by atoms with van der Waals surface area (Å²) in [7, 11) is 0. The summed E-state index contributed by atoms with van der Waals surface area (Å²) in [6.45, 7) is 7.75. The van der Waals surface area contributed by atoms with Crippen molar-refractivity contribution in [2.45, 2.75) is 52.0 Å². The molecular weight excluding hydrogens is 414 g/mol. The molecule has 0 atom stereocenters. The van der Waals surface area contributed by atoms with E-state index in [9.17, 15) is 4.79 Å². The Morgan fingerprint density at radius 1 is 0.970 bits per heavy atom. The first-order chi connectivity index (χ1) is 16.2. The molecule has 3 aliphatic heterocycles. The van der Waals surface area contributed by atoms with Crippen molar-refractivity contribution >= 4 is 17.7 Å². The summed E-state index contributed by atoms with van der Waals surface area (Å²) in [6, 6.07) is 9.53. The van der Waals surface area contributed by atoms with E-state index in [0.29, 0.717) is 13.1 Å². The van der Waals surface area contributed by atoms with Crippen molar-refractivity contribution in [1.29, 1.82) is 0 Å². The highest BCUT2D eigenvalue weighted by Gasteiger charge is 2.30. The highest BCUT2D eigenvalue weighted by atomic mass is 16.5. The van der Waals surface area contributed by atoms with Gasteiger partial charge in [-0.15, -0.1) is 0 Å². The topological polar surface area (TPSA) is 61.8 Å². The first-order valence-electron chi connectivity index (χ1n) is 12.5. The molecule has 2 aromatic rings. The molecule has 0 N–H and O–H groups in total. The molecule has 0 aliphatic carbocycles. The molecule has 0 saturated carbocycles. The summed E-state index contributed by atoms with van der Waals surface area (Å²) in [6.07, 6.45) is 6.84. The van der Waals surface area contributed by atoms with Crippen molar-refractivity contribution < 1.29 is 9.53 Å². The molecule has 0 bridgehead atoms. The van der Waals surface area contributed by atoms with Gasteiger partial charge in [0.2, 0.25) is 5.95 Å².